The molecule has 0 bridgehead atoms. The van der Waals surface area contributed by atoms with Crippen molar-refractivity contribution in [1.29, 1.82) is 0 Å². The number of nitrogens with zero attached hydrogens (tertiary/aromatic N) is 2. The van der Waals surface area contributed by atoms with Gasteiger partial charge < -0.3 is 9.47 Å². The van der Waals surface area contributed by atoms with Crippen LogP contribution >= 0.6 is 27.3 Å². The number of carbonyl (C=O) groups is 3. The van der Waals surface area contributed by atoms with Crippen LogP contribution in [0.2, 0.25) is 0 Å². The summed E-state index contributed by atoms with van der Waals surface area (Å²) in [5.41, 5.74) is 1.62. The lowest BCUT2D eigenvalue weighted by atomic mass is 9.86. The summed E-state index contributed by atoms with van der Waals surface area (Å²) in [7, 11) is 3.02. The van der Waals surface area contributed by atoms with Crippen LogP contribution in [0, 0.1) is 5.92 Å². The van der Waals surface area contributed by atoms with Crippen LogP contribution in [0.5, 0.6) is 11.5 Å². The van der Waals surface area contributed by atoms with Crippen LogP contribution in [0.15, 0.2) is 71.2 Å². The number of Topliss-reactive ketones (excluding diaryl/α,β-unsaturated/α-hetero) is 2. The lowest BCUT2D eigenvalue weighted by Crippen LogP contribution is -2.30. The predicted octanol–water partition coefficient (Wildman–Crippen LogP) is 5.23. The van der Waals surface area contributed by atoms with E-state index in [-0.39, 0.29) is 0 Å². The number of ether oxygens (including phenoxy) is 2. The van der Waals surface area contributed by atoms with Gasteiger partial charge in [-0.25, -0.2) is 4.98 Å². The van der Waals surface area contributed by atoms with Gasteiger partial charge in [0.15, 0.2) is 22.4 Å². The number of fused-ring (bicyclic) bond motifs is 1. The van der Waals surface area contributed by atoms with E-state index < -0.39 is 29.4 Å². The maximum Gasteiger partial charge on any atom is 0.297 e. The molecular formula is C26H19BrN2O5S. The number of methoxy groups -OCH3 is 2. The molecule has 0 saturated carbocycles. The van der Waals surface area contributed by atoms with Gasteiger partial charge in [0.05, 0.1) is 30.5 Å². The Hall–Kier alpha value is -3.56. The number of aromatic nitrogens is 1. The number of hydrogen-bond donors (Lipinski definition) is 0. The minimum absolute atomic E-state index is 0.347. The number of rotatable bonds is 6. The Balaban J connectivity index is 1.69. The lowest BCUT2D eigenvalue weighted by Gasteiger charge is -2.25. The number of benzene rings is 3. The Kier molecular flexibility index (Phi) is 6.12. The molecular weight excluding hydrogens is 532 g/mol. The smallest absolute Gasteiger partial charge is 0.297 e. The second kappa shape index (κ2) is 9.24. The van der Waals surface area contributed by atoms with Gasteiger partial charge in [-0.1, -0.05) is 63.7 Å². The van der Waals surface area contributed by atoms with Gasteiger partial charge in [0.1, 0.15) is 5.92 Å². The van der Waals surface area contributed by atoms with E-state index in [4.69, 9.17) is 9.47 Å². The minimum Gasteiger partial charge on any atom is -0.493 e. The molecule has 1 saturated heterocycles. The fourth-order valence-corrected chi connectivity index (χ4v) is 5.84. The number of amides is 1. The molecule has 2 unspecified atom stereocenters. The summed E-state index contributed by atoms with van der Waals surface area (Å²) in [5.74, 6) is -2.27. The molecule has 9 heteroatoms. The molecule has 0 aliphatic carbocycles. The second-order valence-corrected chi connectivity index (χ2v) is 9.84. The summed E-state index contributed by atoms with van der Waals surface area (Å²) in [4.78, 5) is 46.3. The highest BCUT2D eigenvalue weighted by molar-refractivity contribution is 9.10. The van der Waals surface area contributed by atoms with Crippen molar-refractivity contribution in [3.63, 3.8) is 0 Å². The van der Waals surface area contributed by atoms with Gasteiger partial charge in [-0.3, -0.25) is 19.3 Å². The average molecular weight is 551 g/mol. The molecule has 1 aliphatic rings. The number of anilines is 1. The summed E-state index contributed by atoms with van der Waals surface area (Å²) in [6.07, 6.45) is 0. The van der Waals surface area contributed by atoms with Gasteiger partial charge in [0, 0.05) is 10.0 Å². The topological polar surface area (TPSA) is 85.8 Å². The van der Waals surface area contributed by atoms with Crippen molar-refractivity contribution in [2.24, 2.45) is 5.92 Å². The normalized spacial score (nSPS) is 17.7. The third-order valence-electron chi connectivity index (χ3n) is 5.94. The highest BCUT2D eigenvalue weighted by Crippen LogP contribution is 2.45. The van der Waals surface area contributed by atoms with E-state index in [0.29, 0.717) is 33.3 Å². The Morgan fingerprint density at radius 2 is 1.71 bits per heavy atom. The summed E-state index contributed by atoms with van der Waals surface area (Å²) in [5, 5.41) is 0.347. The molecule has 1 amide bonds. The molecule has 0 radical (unpaired) electrons. The Morgan fingerprint density at radius 1 is 0.971 bits per heavy atom. The maximum atomic E-state index is 13.6. The zero-order valence-electron chi connectivity index (χ0n) is 18.7. The third kappa shape index (κ3) is 4.00. The molecule has 7 nitrogen and oxygen atoms in total. The fraction of sp³-hybridized carbons (Fsp3) is 0.154. The monoisotopic (exact) mass is 550 g/mol. The minimum atomic E-state index is -1.23. The van der Waals surface area contributed by atoms with Crippen molar-refractivity contribution >= 4 is 60.1 Å². The Labute approximate surface area is 213 Å². The molecule has 35 heavy (non-hydrogen) atoms. The molecule has 1 fully saturated rings. The number of carbonyl (C=O) groups excluding carboxylic acids is 3. The average Bonchev–Trinajstić information content (AvgIpc) is 3.41. The van der Waals surface area contributed by atoms with Crippen molar-refractivity contribution in [3.8, 4) is 11.5 Å². The van der Waals surface area contributed by atoms with Crippen LogP contribution in [0.1, 0.15) is 22.0 Å². The van der Waals surface area contributed by atoms with Gasteiger partial charge in [-0.2, -0.15) is 0 Å². The first-order chi connectivity index (χ1) is 16.9. The van der Waals surface area contributed by atoms with Gasteiger partial charge in [0.25, 0.3) is 5.91 Å². The highest BCUT2D eigenvalue weighted by atomic mass is 79.9. The summed E-state index contributed by atoms with van der Waals surface area (Å²) < 4.78 is 12.5. The standard InChI is InChI=1S/C26H19BrN2O5S/c1-33-18-11-8-15(12-19(18)34-2)22-21(23(30)14-6-4-3-5-7-14)24(31)25(32)29(22)26-28-17-10-9-16(27)13-20(17)35-26/h3-13,21-22H,1-2H3. The van der Waals surface area contributed by atoms with E-state index in [1.807, 2.05) is 18.2 Å². The van der Waals surface area contributed by atoms with Gasteiger partial charge in [0.2, 0.25) is 5.78 Å². The van der Waals surface area contributed by atoms with Crippen molar-refractivity contribution in [2.45, 2.75) is 6.04 Å². The van der Waals surface area contributed by atoms with Crippen LogP contribution in [0.4, 0.5) is 5.13 Å². The molecule has 0 spiro atoms. The molecule has 2 heterocycles. The summed E-state index contributed by atoms with van der Waals surface area (Å²) in [6.45, 7) is 0. The van der Waals surface area contributed by atoms with Gasteiger partial charge >= 0.3 is 0 Å². The highest BCUT2D eigenvalue weighted by Gasteiger charge is 2.53. The molecule has 5 rings (SSSR count). The zero-order valence-corrected chi connectivity index (χ0v) is 21.1. The van der Waals surface area contributed by atoms with E-state index in [1.54, 1.807) is 48.5 Å². The van der Waals surface area contributed by atoms with E-state index >= 15 is 0 Å². The molecule has 176 valence electrons. The van der Waals surface area contributed by atoms with Gasteiger partial charge in [-0.15, -0.1) is 0 Å². The predicted molar refractivity (Wildman–Crippen MR) is 136 cm³/mol. The first-order valence-electron chi connectivity index (χ1n) is 10.7. The molecule has 4 aromatic rings. The van der Waals surface area contributed by atoms with Crippen LogP contribution in [0.3, 0.4) is 0 Å². The first-order valence-corrected chi connectivity index (χ1v) is 12.3. The van der Waals surface area contributed by atoms with Gasteiger partial charge in [-0.05, 0) is 35.9 Å². The van der Waals surface area contributed by atoms with Crippen molar-refractivity contribution < 1.29 is 23.9 Å². The molecule has 1 aliphatic heterocycles. The van der Waals surface area contributed by atoms with E-state index in [0.717, 1.165) is 9.17 Å². The Bertz CT molecular complexity index is 1470. The fourth-order valence-electron chi connectivity index (χ4n) is 4.29. The van der Waals surface area contributed by atoms with E-state index in [1.165, 1.54) is 30.5 Å². The summed E-state index contributed by atoms with van der Waals surface area (Å²) >= 11 is 4.74. The number of halogens is 1. The number of hydrogen-bond acceptors (Lipinski definition) is 7. The van der Waals surface area contributed by atoms with E-state index in [2.05, 4.69) is 20.9 Å². The lowest BCUT2D eigenvalue weighted by molar-refractivity contribution is -0.135. The molecule has 1 aromatic heterocycles. The zero-order chi connectivity index (χ0) is 24.7. The summed E-state index contributed by atoms with van der Waals surface area (Å²) in [6, 6.07) is 18.3. The van der Waals surface area contributed by atoms with Crippen molar-refractivity contribution in [2.75, 3.05) is 19.1 Å². The largest absolute Gasteiger partial charge is 0.493 e. The number of ketones is 2. The van der Waals surface area contributed by atoms with Crippen LogP contribution < -0.4 is 14.4 Å². The van der Waals surface area contributed by atoms with Crippen molar-refractivity contribution in [1.82, 2.24) is 4.98 Å². The van der Waals surface area contributed by atoms with Crippen molar-refractivity contribution in [3.05, 3.63) is 82.3 Å². The molecule has 0 N–H and O–H groups in total. The second-order valence-electron chi connectivity index (χ2n) is 7.92. The first kappa shape index (κ1) is 23.2. The van der Waals surface area contributed by atoms with Crippen LogP contribution in [-0.2, 0) is 9.59 Å². The quantitative estimate of drug-likeness (QED) is 0.185. The molecule has 3 aromatic carbocycles. The van der Waals surface area contributed by atoms with Crippen LogP contribution in [-0.4, -0.2) is 36.7 Å². The maximum absolute atomic E-state index is 13.6. The SMILES string of the molecule is COc1ccc(C2C(C(=O)c3ccccc3)C(=O)C(=O)N2c2nc3ccc(Br)cc3s2)cc1OC. The third-order valence-corrected chi connectivity index (χ3v) is 7.45. The molecule has 2 atom stereocenters. The Morgan fingerprint density at radius 3 is 2.43 bits per heavy atom. The van der Waals surface area contributed by atoms with E-state index in [9.17, 15) is 14.4 Å². The number of thiazole rings is 1. The van der Waals surface area contributed by atoms with Crippen LogP contribution in [0.25, 0.3) is 10.2 Å².